The fourth-order valence-electron chi connectivity index (χ4n) is 3.89. The number of benzene rings is 1. The highest BCUT2D eigenvalue weighted by Crippen LogP contribution is 2.35. The first-order valence-electron chi connectivity index (χ1n) is 9.02. The lowest BCUT2D eigenvalue weighted by Crippen LogP contribution is -2.59. The predicted molar refractivity (Wildman–Crippen MR) is 96.8 cm³/mol. The second-order valence-corrected chi connectivity index (χ2v) is 7.86. The quantitative estimate of drug-likeness (QED) is 0.744. The number of amides is 2. The summed E-state index contributed by atoms with van der Waals surface area (Å²) in [6, 6.07) is 7.72. The molecule has 0 radical (unpaired) electrons. The Hall–Kier alpha value is -1.75. The lowest BCUT2D eigenvalue weighted by Gasteiger charge is -2.43. The van der Waals surface area contributed by atoms with Crippen LogP contribution in [0.25, 0.3) is 0 Å². The van der Waals surface area contributed by atoms with E-state index in [9.17, 15) is 9.59 Å². The van der Waals surface area contributed by atoms with Crippen molar-refractivity contribution in [3.63, 3.8) is 0 Å². The zero-order chi connectivity index (χ0) is 17.9. The van der Waals surface area contributed by atoms with Crippen molar-refractivity contribution < 1.29 is 14.7 Å². The number of carbonyl (C=O) groups excluding carboxylic acids is 1. The monoisotopic (exact) mass is 364 g/mol. The molecule has 2 saturated carbocycles. The third-order valence-electron chi connectivity index (χ3n) is 5.56. The summed E-state index contributed by atoms with van der Waals surface area (Å²) in [4.78, 5) is 23.4. The smallest absolute Gasteiger partial charge is 0.315 e. The van der Waals surface area contributed by atoms with Gasteiger partial charge in [-0.15, -0.1) is 0 Å². The van der Waals surface area contributed by atoms with Gasteiger partial charge in [-0.1, -0.05) is 23.7 Å². The van der Waals surface area contributed by atoms with Crippen LogP contribution in [0.2, 0.25) is 5.02 Å². The summed E-state index contributed by atoms with van der Waals surface area (Å²) in [6.45, 7) is 0. The highest BCUT2D eigenvalue weighted by molar-refractivity contribution is 6.30. The summed E-state index contributed by atoms with van der Waals surface area (Å²) < 4.78 is 0. The molecule has 0 unspecified atom stereocenters. The van der Waals surface area contributed by atoms with E-state index in [1.807, 2.05) is 24.3 Å². The Kier molecular flexibility index (Phi) is 5.52. The molecule has 3 N–H and O–H groups in total. The Morgan fingerprint density at radius 2 is 1.76 bits per heavy atom. The van der Waals surface area contributed by atoms with E-state index in [0.717, 1.165) is 38.5 Å². The molecule has 1 aromatic carbocycles. The first-order valence-corrected chi connectivity index (χ1v) is 9.39. The van der Waals surface area contributed by atoms with Crippen molar-refractivity contribution in [2.75, 3.05) is 0 Å². The van der Waals surface area contributed by atoms with Gasteiger partial charge in [-0.25, -0.2) is 4.79 Å². The van der Waals surface area contributed by atoms with E-state index in [2.05, 4.69) is 10.6 Å². The highest BCUT2D eigenvalue weighted by atomic mass is 35.5. The maximum atomic E-state index is 12.4. The maximum Gasteiger partial charge on any atom is 0.315 e. The number of carboxylic acids is 1. The molecule has 0 aromatic heterocycles. The van der Waals surface area contributed by atoms with Crippen LogP contribution in [0, 0.1) is 5.92 Å². The second-order valence-electron chi connectivity index (χ2n) is 7.42. The average Bonchev–Trinajstić information content (AvgIpc) is 2.55. The summed E-state index contributed by atoms with van der Waals surface area (Å²) in [7, 11) is 0. The van der Waals surface area contributed by atoms with Gasteiger partial charge in [-0.2, -0.15) is 0 Å². The Morgan fingerprint density at radius 3 is 2.28 bits per heavy atom. The molecule has 2 fully saturated rings. The zero-order valence-corrected chi connectivity index (χ0v) is 15.0. The molecule has 3 rings (SSSR count). The SMILES string of the molecule is O=C(NC1CCC(C(=O)O)CC1)NC1(Cc2ccc(Cl)cc2)CCC1. The molecule has 25 heavy (non-hydrogen) atoms. The predicted octanol–water partition coefficient (Wildman–Crippen LogP) is 3.75. The zero-order valence-electron chi connectivity index (χ0n) is 14.3. The molecule has 2 aliphatic carbocycles. The van der Waals surface area contributed by atoms with Crippen LogP contribution >= 0.6 is 11.6 Å². The van der Waals surface area contributed by atoms with E-state index in [1.165, 1.54) is 5.56 Å². The average molecular weight is 365 g/mol. The molecule has 0 aliphatic heterocycles. The molecule has 5 nitrogen and oxygen atoms in total. The number of urea groups is 1. The van der Waals surface area contributed by atoms with E-state index in [1.54, 1.807) is 0 Å². The molecule has 2 aliphatic rings. The van der Waals surface area contributed by atoms with Gasteiger partial charge in [0.2, 0.25) is 0 Å². The third-order valence-corrected chi connectivity index (χ3v) is 5.81. The van der Waals surface area contributed by atoms with Gasteiger partial charge < -0.3 is 15.7 Å². The normalized spacial score (nSPS) is 24.8. The Balaban J connectivity index is 1.50. The van der Waals surface area contributed by atoms with Crippen molar-refractivity contribution in [1.82, 2.24) is 10.6 Å². The Bertz CT molecular complexity index is 620. The largest absolute Gasteiger partial charge is 0.481 e. The molecule has 0 bridgehead atoms. The van der Waals surface area contributed by atoms with Gasteiger partial charge in [0.1, 0.15) is 0 Å². The minimum absolute atomic E-state index is 0.0725. The van der Waals surface area contributed by atoms with Crippen LogP contribution in [-0.2, 0) is 11.2 Å². The number of carboxylic acid groups (broad SMARTS) is 1. The van der Waals surface area contributed by atoms with Crippen LogP contribution in [0.3, 0.4) is 0 Å². The van der Waals surface area contributed by atoms with Crippen LogP contribution in [0.15, 0.2) is 24.3 Å². The molecule has 6 heteroatoms. The summed E-state index contributed by atoms with van der Waals surface area (Å²) in [6.07, 6.45) is 6.63. The molecular weight excluding hydrogens is 340 g/mol. The molecule has 0 atom stereocenters. The number of rotatable bonds is 5. The number of hydrogen-bond acceptors (Lipinski definition) is 2. The van der Waals surface area contributed by atoms with Crippen LogP contribution in [-0.4, -0.2) is 28.7 Å². The summed E-state index contributed by atoms with van der Waals surface area (Å²) in [5.41, 5.74) is 1.00. The molecule has 0 spiro atoms. The second kappa shape index (κ2) is 7.65. The minimum atomic E-state index is -0.723. The standard InChI is InChI=1S/C19H25ClN2O3/c20-15-6-2-13(3-7-15)12-19(10-1-11-19)22-18(25)21-16-8-4-14(5-9-16)17(23)24/h2-3,6-7,14,16H,1,4-5,8-12H2,(H,23,24)(H2,21,22,25). The Morgan fingerprint density at radius 1 is 1.12 bits per heavy atom. The number of hydrogen-bond donors (Lipinski definition) is 3. The lowest BCUT2D eigenvalue weighted by atomic mass is 9.73. The van der Waals surface area contributed by atoms with Gasteiger partial charge in [0.15, 0.2) is 0 Å². The van der Waals surface area contributed by atoms with Gasteiger partial charge in [-0.3, -0.25) is 4.79 Å². The topological polar surface area (TPSA) is 78.4 Å². The van der Waals surface area contributed by atoms with Gasteiger partial charge >= 0.3 is 12.0 Å². The van der Waals surface area contributed by atoms with E-state index in [4.69, 9.17) is 16.7 Å². The van der Waals surface area contributed by atoms with Gasteiger partial charge in [0, 0.05) is 16.6 Å². The first kappa shape index (κ1) is 18.1. The lowest BCUT2D eigenvalue weighted by molar-refractivity contribution is -0.142. The van der Waals surface area contributed by atoms with Gasteiger partial charge in [0.25, 0.3) is 0 Å². The number of halogens is 1. The Labute approximate surface area is 153 Å². The minimum Gasteiger partial charge on any atom is -0.481 e. The van der Waals surface area contributed by atoms with Crippen molar-refractivity contribution in [1.29, 1.82) is 0 Å². The molecule has 0 heterocycles. The maximum absolute atomic E-state index is 12.4. The summed E-state index contributed by atoms with van der Waals surface area (Å²) in [5, 5.41) is 16.0. The fraction of sp³-hybridized carbons (Fsp3) is 0.579. The number of nitrogens with one attached hydrogen (secondary N) is 2. The fourth-order valence-corrected chi connectivity index (χ4v) is 4.02. The van der Waals surface area contributed by atoms with Gasteiger partial charge in [0.05, 0.1) is 5.92 Å². The first-order chi connectivity index (χ1) is 12.0. The molecule has 1 aromatic rings. The number of aliphatic carboxylic acids is 1. The van der Waals surface area contributed by atoms with Crippen LogP contribution in [0.5, 0.6) is 0 Å². The van der Waals surface area contributed by atoms with Gasteiger partial charge in [-0.05, 0) is 69.1 Å². The van der Waals surface area contributed by atoms with Crippen molar-refractivity contribution >= 4 is 23.6 Å². The van der Waals surface area contributed by atoms with Crippen molar-refractivity contribution in [3.8, 4) is 0 Å². The van der Waals surface area contributed by atoms with Crippen molar-refractivity contribution in [2.24, 2.45) is 5.92 Å². The number of carbonyl (C=O) groups is 2. The third kappa shape index (κ3) is 4.66. The van der Waals surface area contributed by atoms with Crippen LogP contribution < -0.4 is 10.6 Å². The molecule has 2 amide bonds. The highest BCUT2D eigenvalue weighted by Gasteiger charge is 2.39. The summed E-state index contributed by atoms with van der Waals surface area (Å²) in [5.74, 6) is -0.983. The van der Waals surface area contributed by atoms with Crippen LogP contribution in [0.4, 0.5) is 4.79 Å². The van der Waals surface area contributed by atoms with E-state index < -0.39 is 5.97 Å². The van der Waals surface area contributed by atoms with Crippen molar-refractivity contribution in [2.45, 2.75) is 62.9 Å². The van der Waals surface area contributed by atoms with Crippen molar-refractivity contribution in [3.05, 3.63) is 34.9 Å². The van der Waals surface area contributed by atoms with Crippen LogP contribution in [0.1, 0.15) is 50.5 Å². The van der Waals surface area contributed by atoms with E-state index >= 15 is 0 Å². The molecular formula is C19H25ClN2O3. The molecule has 136 valence electrons. The van der Waals surface area contributed by atoms with E-state index in [0.29, 0.717) is 17.9 Å². The molecule has 0 saturated heterocycles. The van der Waals surface area contributed by atoms with E-state index in [-0.39, 0.29) is 23.5 Å². The summed E-state index contributed by atoms with van der Waals surface area (Å²) >= 11 is 5.94.